The Labute approximate surface area is 139 Å². The molecule has 128 valence electrons. The number of carbonyl (C=O) groups is 1. The number of aliphatic hydroxyl groups is 1. The molecule has 3 rings (SSSR count). The number of rotatable bonds is 4. The lowest BCUT2D eigenvalue weighted by atomic mass is 10.1. The molecule has 2 heterocycles. The van der Waals surface area contributed by atoms with Crippen molar-refractivity contribution in [2.24, 2.45) is 0 Å². The van der Waals surface area contributed by atoms with Crippen molar-refractivity contribution in [3.8, 4) is 0 Å². The van der Waals surface area contributed by atoms with Crippen LogP contribution in [0, 0.1) is 0 Å². The minimum absolute atomic E-state index is 0.110. The fourth-order valence-corrected chi connectivity index (χ4v) is 4.11. The number of amides is 1. The summed E-state index contributed by atoms with van der Waals surface area (Å²) >= 11 is 0. The molecule has 1 aliphatic heterocycles. The second-order valence-corrected chi connectivity index (χ2v) is 7.55. The van der Waals surface area contributed by atoms with E-state index in [1.807, 2.05) is 0 Å². The Balaban J connectivity index is 1.73. The van der Waals surface area contributed by atoms with Crippen molar-refractivity contribution >= 4 is 21.6 Å². The van der Waals surface area contributed by atoms with Gasteiger partial charge in [-0.05, 0) is 49.2 Å². The van der Waals surface area contributed by atoms with E-state index in [9.17, 15) is 18.3 Å². The average molecular weight is 350 g/mol. The number of sulfonamides is 1. The van der Waals surface area contributed by atoms with Crippen LogP contribution in [0.15, 0.2) is 52.0 Å². The SMILES string of the molecule is O=C(Nc1ccc(S(=O)(=O)N2CCCC(O)C2)cc1)c1ccco1. The highest BCUT2D eigenvalue weighted by Crippen LogP contribution is 2.22. The van der Waals surface area contributed by atoms with Crippen LogP contribution in [0.3, 0.4) is 0 Å². The van der Waals surface area contributed by atoms with Gasteiger partial charge in [-0.25, -0.2) is 8.42 Å². The van der Waals surface area contributed by atoms with Crippen LogP contribution in [0.25, 0.3) is 0 Å². The average Bonchev–Trinajstić information content (AvgIpc) is 3.10. The van der Waals surface area contributed by atoms with Crippen LogP contribution in [0.4, 0.5) is 5.69 Å². The molecule has 2 aromatic rings. The predicted octanol–water partition coefficient (Wildman–Crippen LogP) is 1.68. The zero-order chi connectivity index (χ0) is 17.2. The summed E-state index contributed by atoms with van der Waals surface area (Å²) < 4.78 is 31.4. The van der Waals surface area contributed by atoms with Crippen molar-refractivity contribution in [3.63, 3.8) is 0 Å². The van der Waals surface area contributed by atoms with Crippen molar-refractivity contribution in [1.82, 2.24) is 4.31 Å². The summed E-state index contributed by atoms with van der Waals surface area (Å²) in [4.78, 5) is 12.0. The molecule has 1 atom stereocenters. The second-order valence-electron chi connectivity index (χ2n) is 5.61. The number of nitrogens with zero attached hydrogens (tertiary/aromatic N) is 1. The lowest BCUT2D eigenvalue weighted by Crippen LogP contribution is -2.42. The van der Waals surface area contributed by atoms with E-state index in [1.54, 1.807) is 6.07 Å². The van der Waals surface area contributed by atoms with Crippen molar-refractivity contribution in [3.05, 3.63) is 48.4 Å². The smallest absolute Gasteiger partial charge is 0.291 e. The molecule has 1 aliphatic rings. The van der Waals surface area contributed by atoms with E-state index < -0.39 is 22.0 Å². The number of hydrogen-bond donors (Lipinski definition) is 2. The Kier molecular flexibility index (Phi) is 4.70. The van der Waals surface area contributed by atoms with Crippen molar-refractivity contribution < 1.29 is 22.7 Å². The summed E-state index contributed by atoms with van der Waals surface area (Å²) in [6.45, 7) is 0.510. The first kappa shape index (κ1) is 16.7. The molecule has 2 N–H and O–H groups in total. The maximum atomic E-state index is 12.6. The molecule has 8 heteroatoms. The first-order valence-corrected chi connectivity index (χ1v) is 9.04. The summed E-state index contributed by atoms with van der Waals surface area (Å²) in [7, 11) is -3.64. The molecular formula is C16H18N2O5S. The molecular weight excluding hydrogens is 332 g/mol. The number of piperidine rings is 1. The molecule has 1 aromatic carbocycles. The van der Waals surface area contributed by atoms with E-state index >= 15 is 0 Å². The first-order valence-electron chi connectivity index (χ1n) is 7.60. The number of nitrogens with one attached hydrogen (secondary N) is 1. The van der Waals surface area contributed by atoms with E-state index in [1.165, 1.54) is 40.9 Å². The Morgan fingerprint density at radius 3 is 2.62 bits per heavy atom. The van der Waals surface area contributed by atoms with Crippen LogP contribution in [0.1, 0.15) is 23.4 Å². The highest BCUT2D eigenvalue weighted by molar-refractivity contribution is 7.89. The van der Waals surface area contributed by atoms with Gasteiger partial charge in [-0.1, -0.05) is 0 Å². The maximum Gasteiger partial charge on any atom is 0.291 e. The fraction of sp³-hybridized carbons (Fsp3) is 0.312. The van der Waals surface area contributed by atoms with Crippen LogP contribution in [0.5, 0.6) is 0 Å². The highest BCUT2D eigenvalue weighted by Gasteiger charge is 2.29. The molecule has 1 aromatic heterocycles. The summed E-state index contributed by atoms with van der Waals surface area (Å²) in [5.74, 6) is -0.233. The quantitative estimate of drug-likeness (QED) is 0.874. The van der Waals surface area contributed by atoms with Crippen molar-refractivity contribution in [1.29, 1.82) is 0 Å². The van der Waals surface area contributed by atoms with Crippen LogP contribution in [-0.2, 0) is 10.0 Å². The molecule has 0 radical (unpaired) electrons. The summed E-state index contributed by atoms with van der Waals surface area (Å²) in [6.07, 6.45) is 2.03. The van der Waals surface area contributed by atoms with Gasteiger partial charge in [0.05, 0.1) is 17.3 Å². The predicted molar refractivity (Wildman–Crippen MR) is 87.1 cm³/mol. The lowest BCUT2D eigenvalue weighted by Gasteiger charge is -2.29. The Hall–Kier alpha value is -2.16. The second kappa shape index (κ2) is 6.76. The molecule has 24 heavy (non-hydrogen) atoms. The molecule has 1 amide bonds. The first-order chi connectivity index (χ1) is 11.5. The number of benzene rings is 1. The number of carbonyl (C=O) groups excluding carboxylic acids is 1. The topological polar surface area (TPSA) is 99.9 Å². The molecule has 0 aliphatic carbocycles. The normalized spacial score (nSPS) is 19.1. The van der Waals surface area contributed by atoms with Gasteiger partial charge in [-0.15, -0.1) is 0 Å². The zero-order valence-electron chi connectivity index (χ0n) is 12.9. The van der Waals surface area contributed by atoms with Gasteiger partial charge in [0.15, 0.2) is 5.76 Å². The number of hydrogen-bond acceptors (Lipinski definition) is 5. The lowest BCUT2D eigenvalue weighted by molar-refractivity contribution is 0.0996. The van der Waals surface area contributed by atoms with E-state index in [4.69, 9.17) is 4.42 Å². The third-order valence-corrected chi connectivity index (χ3v) is 5.73. The van der Waals surface area contributed by atoms with Crippen LogP contribution < -0.4 is 5.32 Å². The van der Waals surface area contributed by atoms with E-state index in [0.29, 0.717) is 25.1 Å². The number of anilines is 1. The van der Waals surface area contributed by atoms with Crippen LogP contribution in [-0.4, -0.2) is 42.9 Å². The largest absolute Gasteiger partial charge is 0.459 e. The van der Waals surface area contributed by atoms with Gasteiger partial charge < -0.3 is 14.8 Å². The van der Waals surface area contributed by atoms with Crippen molar-refractivity contribution in [2.45, 2.75) is 23.8 Å². The van der Waals surface area contributed by atoms with Gasteiger partial charge in [-0.2, -0.15) is 4.31 Å². The van der Waals surface area contributed by atoms with Gasteiger partial charge in [0.2, 0.25) is 10.0 Å². The summed E-state index contributed by atoms with van der Waals surface area (Å²) in [5, 5.41) is 12.3. The number of β-amino-alcohol motifs (C(OH)–C–C–N with tert-alkyl or cyclic N) is 1. The molecule has 1 fully saturated rings. The molecule has 0 saturated carbocycles. The Morgan fingerprint density at radius 2 is 2.00 bits per heavy atom. The molecule has 7 nitrogen and oxygen atoms in total. The maximum absolute atomic E-state index is 12.6. The monoisotopic (exact) mass is 350 g/mol. The minimum Gasteiger partial charge on any atom is -0.459 e. The minimum atomic E-state index is -3.64. The standard InChI is InChI=1S/C16H18N2O5S/c19-13-3-1-9-18(11-13)24(21,22)14-7-5-12(6-8-14)17-16(20)15-4-2-10-23-15/h2,4-8,10,13,19H,1,3,9,11H2,(H,17,20). The van der Waals surface area contributed by atoms with Crippen LogP contribution in [0.2, 0.25) is 0 Å². The van der Waals surface area contributed by atoms with E-state index in [0.717, 1.165) is 0 Å². The fourth-order valence-electron chi connectivity index (χ4n) is 2.60. The van der Waals surface area contributed by atoms with Crippen LogP contribution >= 0.6 is 0 Å². The third-order valence-electron chi connectivity index (χ3n) is 3.85. The van der Waals surface area contributed by atoms with Crippen molar-refractivity contribution in [2.75, 3.05) is 18.4 Å². The number of furan rings is 1. The van der Waals surface area contributed by atoms with Gasteiger partial charge >= 0.3 is 0 Å². The molecule has 0 spiro atoms. The zero-order valence-corrected chi connectivity index (χ0v) is 13.7. The highest BCUT2D eigenvalue weighted by atomic mass is 32.2. The third kappa shape index (κ3) is 3.50. The Bertz CT molecular complexity index is 800. The Morgan fingerprint density at radius 1 is 1.25 bits per heavy atom. The summed E-state index contributed by atoms with van der Waals surface area (Å²) in [6, 6.07) is 9.07. The molecule has 1 unspecified atom stereocenters. The van der Waals surface area contributed by atoms with Gasteiger partial charge in [0, 0.05) is 18.8 Å². The molecule has 1 saturated heterocycles. The van der Waals surface area contributed by atoms with Gasteiger partial charge in [0.1, 0.15) is 0 Å². The number of aliphatic hydroxyl groups excluding tert-OH is 1. The van der Waals surface area contributed by atoms with Gasteiger partial charge in [-0.3, -0.25) is 4.79 Å². The summed E-state index contributed by atoms with van der Waals surface area (Å²) in [5.41, 5.74) is 0.467. The van der Waals surface area contributed by atoms with E-state index in [-0.39, 0.29) is 17.2 Å². The van der Waals surface area contributed by atoms with E-state index in [2.05, 4.69) is 5.32 Å². The van der Waals surface area contributed by atoms with Gasteiger partial charge in [0.25, 0.3) is 5.91 Å². The molecule has 0 bridgehead atoms.